The maximum atomic E-state index is 6.02. The summed E-state index contributed by atoms with van der Waals surface area (Å²) < 4.78 is 11.8. The van der Waals surface area contributed by atoms with E-state index in [0.717, 1.165) is 47.7 Å². The summed E-state index contributed by atoms with van der Waals surface area (Å²) in [5.41, 5.74) is 6.62. The normalized spacial score (nSPS) is 20.6. The van der Waals surface area contributed by atoms with Crippen LogP contribution < -0.4 is 10.1 Å². The monoisotopic (exact) mass is 437 g/mol. The molecule has 0 aliphatic heterocycles. The summed E-state index contributed by atoms with van der Waals surface area (Å²) in [6.07, 6.45) is 2.12. The second-order valence-electron chi connectivity index (χ2n) is 9.66. The largest absolute Gasteiger partial charge is 0.493 e. The molecule has 31 heavy (non-hydrogen) atoms. The molecule has 6 heteroatoms. The van der Waals surface area contributed by atoms with E-state index in [4.69, 9.17) is 14.2 Å². The third-order valence-corrected chi connectivity index (χ3v) is 8.33. The van der Waals surface area contributed by atoms with Gasteiger partial charge in [0.15, 0.2) is 0 Å². The molecule has 0 unspecified atom stereocenters. The first-order valence-corrected chi connectivity index (χ1v) is 12.0. The van der Waals surface area contributed by atoms with E-state index in [0.29, 0.717) is 29.7 Å². The van der Waals surface area contributed by atoms with Gasteiger partial charge in [0.1, 0.15) is 5.75 Å². The average Bonchev–Trinajstić information content (AvgIpc) is 3.22. The summed E-state index contributed by atoms with van der Waals surface area (Å²) in [6, 6.07) is 4.19. The first kappa shape index (κ1) is 20.7. The van der Waals surface area contributed by atoms with Gasteiger partial charge in [-0.2, -0.15) is 4.98 Å². The van der Waals surface area contributed by atoms with E-state index in [9.17, 15) is 0 Å². The number of nitrogens with one attached hydrogen (secondary N) is 1. The van der Waals surface area contributed by atoms with E-state index in [1.807, 2.05) is 18.4 Å². The fourth-order valence-corrected chi connectivity index (χ4v) is 6.62. The molecule has 1 saturated carbocycles. The van der Waals surface area contributed by atoms with Crippen molar-refractivity contribution in [3.63, 3.8) is 0 Å². The number of aryl methyl sites for hydroxylation is 3. The van der Waals surface area contributed by atoms with Crippen molar-refractivity contribution in [1.29, 1.82) is 0 Å². The molecule has 1 aromatic carbocycles. The molecule has 5 rings (SSSR count). The van der Waals surface area contributed by atoms with Crippen LogP contribution in [0.2, 0.25) is 0 Å². The van der Waals surface area contributed by atoms with Crippen molar-refractivity contribution in [2.24, 2.45) is 11.3 Å². The standard InChI is InChI=1S/C25H31N3O2S/c1-13-10-16(11-14(2)21(13)29-9-7-8-26-6)23-27-24(30-28-23)22-17-12-18-20(25(18,4)5)19(17)15(3)31-22/h10-11,18,20,26H,7-9,12H2,1-6H3/t18-,20-/m1/s1. The Morgan fingerprint density at radius 1 is 1.23 bits per heavy atom. The van der Waals surface area contributed by atoms with Crippen molar-refractivity contribution >= 4 is 11.3 Å². The van der Waals surface area contributed by atoms with Crippen LogP contribution in [0.25, 0.3) is 22.2 Å². The van der Waals surface area contributed by atoms with Gasteiger partial charge in [0, 0.05) is 10.4 Å². The predicted molar refractivity (Wildman–Crippen MR) is 125 cm³/mol. The van der Waals surface area contributed by atoms with Crippen LogP contribution in [0.3, 0.4) is 0 Å². The highest BCUT2D eigenvalue weighted by Gasteiger charge is 2.63. The Labute approximate surface area is 188 Å². The molecule has 1 fully saturated rings. The highest BCUT2D eigenvalue weighted by molar-refractivity contribution is 7.15. The number of nitrogens with zero attached hydrogens (tertiary/aromatic N) is 2. The first-order chi connectivity index (χ1) is 14.8. The Morgan fingerprint density at radius 2 is 1.97 bits per heavy atom. The van der Waals surface area contributed by atoms with Gasteiger partial charge in [-0.15, -0.1) is 11.3 Å². The van der Waals surface area contributed by atoms with Crippen LogP contribution in [0.4, 0.5) is 0 Å². The SMILES string of the molecule is CNCCCOc1c(C)cc(-c2noc(-c3sc(C)c4c3C[C@@H]3[C@H]4C3(C)C)n2)cc1C. The number of ether oxygens (including phenoxy) is 1. The fourth-order valence-electron chi connectivity index (χ4n) is 5.47. The van der Waals surface area contributed by atoms with Gasteiger partial charge in [-0.05, 0) is 98.8 Å². The maximum absolute atomic E-state index is 6.02. The Kier molecular flexibility index (Phi) is 4.98. The number of thiophene rings is 1. The Bertz CT molecular complexity index is 1120. The zero-order valence-corrected chi connectivity index (χ0v) is 20.1. The van der Waals surface area contributed by atoms with Crippen LogP contribution in [0, 0.1) is 32.1 Å². The van der Waals surface area contributed by atoms with E-state index in [2.05, 4.69) is 57.2 Å². The fraction of sp³-hybridized carbons (Fsp3) is 0.520. The highest BCUT2D eigenvalue weighted by Crippen LogP contribution is 2.72. The molecule has 2 heterocycles. The molecule has 0 spiro atoms. The number of rotatable bonds is 7. The number of fused-ring (bicyclic) bond motifs is 3. The molecular formula is C25H31N3O2S. The second kappa shape index (κ2) is 7.45. The molecule has 0 radical (unpaired) electrons. The van der Waals surface area contributed by atoms with Gasteiger partial charge < -0.3 is 14.6 Å². The van der Waals surface area contributed by atoms with Crippen molar-refractivity contribution in [3.05, 3.63) is 39.3 Å². The van der Waals surface area contributed by atoms with E-state index in [1.54, 1.807) is 5.56 Å². The quantitative estimate of drug-likeness (QED) is 0.482. The maximum Gasteiger partial charge on any atom is 0.268 e. The van der Waals surface area contributed by atoms with Crippen LogP contribution in [0.1, 0.15) is 53.3 Å². The minimum atomic E-state index is 0.446. The number of hydrogen-bond donors (Lipinski definition) is 1. The summed E-state index contributed by atoms with van der Waals surface area (Å²) in [4.78, 5) is 7.38. The lowest BCUT2D eigenvalue weighted by Gasteiger charge is -2.13. The molecule has 0 bridgehead atoms. The Hall–Kier alpha value is -2.18. The predicted octanol–water partition coefficient (Wildman–Crippen LogP) is 5.67. The van der Waals surface area contributed by atoms with Gasteiger partial charge >= 0.3 is 0 Å². The Balaban J connectivity index is 1.40. The summed E-state index contributed by atoms with van der Waals surface area (Å²) in [5.74, 6) is 3.74. The van der Waals surface area contributed by atoms with E-state index < -0.39 is 0 Å². The van der Waals surface area contributed by atoms with Crippen LogP contribution in [0.5, 0.6) is 5.75 Å². The molecule has 1 N–H and O–H groups in total. The van der Waals surface area contributed by atoms with Crippen LogP contribution in [-0.2, 0) is 6.42 Å². The van der Waals surface area contributed by atoms with E-state index >= 15 is 0 Å². The summed E-state index contributed by atoms with van der Waals surface area (Å²) in [7, 11) is 1.96. The minimum absolute atomic E-state index is 0.446. The molecule has 2 atom stereocenters. The van der Waals surface area contributed by atoms with Crippen molar-refractivity contribution in [1.82, 2.24) is 15.5 Å². The van der Waals surface area contributed by atoms with Crippen molar-refractivity contribution in [2.45, 2.75) is 53.4 Å². The highest BCUT2D eigenvalue weighted by atomic mass is 32.1. The van der Waals surface area contributed by atoms with E-state index in [-0.39, 0.29) is 0 Å². The third-order valence-electron chi connectivity index (χ3n) is 7.18. The van der Waals surface area contributed by atoms with Crippen molar-refractivity contribution < 1.29 is 9.26 Å². The van der Waals surface area contributed by atoms with Crippen LogP contribution in [0.15, 0.2) is 16.7 Å². The van der Waals surface area contributed by atoms with Gasteiger partial charge in [0.2, 0.25) is 5.82 Å². The van der Waals surface area contributed by atoms with Crippen LogP contribution in [-0.4, -0.2) is 30.3 Å². The van der Waals surface area contributed by atoms with Gasteiger partial charge in [0.05, 0.1) is 11.5 Å². The topological polar surface area (TPSA) is 60.2 Å². The van der Waals surface area contributed by atoms with Gasteiger partial charge in [-0.1, -0.05) is 19.0 Å². The molecule has 5 nitrogen and oxygen atoms in total. The lowest BCUT2D eigenvalue weighted by atomic mass is 9.95. The van der Waals surface area contributed by atoms with Gasteiger partial charge in [0.25, 0.3) is 5.89 Å². The Morgan fingerprint density at radius 3 is 2.68 bits per heavy atom. The summed E-state index contributed by atoms with van der Waals surface area (Å²) in [6.45, 7) is 12.8. The molecule has 0 amide bonds. The first-order valence-electron chi connectivity index (χ1n) is 11.2. The number of benzene rings is 1. The molecule has 164 valence electrons. The molecule has 0 saturated heterocycles. The number of hydrogen-bond acceptors (Lipinski definition) is 6. The van der Waals surface area contributed by atoms with Gasteiger partial charge in [-0.3, -0.25) is 0 Å². The second-order valence-corrected chi connectivity index (χ2v) is 10.9. The third kappa shape index (κ3) is 3.31. The average molecular weight is 438 g/mol. The zero-order chi connectivity index (χ0) is 21.9. The zero-order valence-electron chi connectivity index (χ0n) is 19.3. The molecule has 2 aliphatic carbocycles. The lowest BCUT2D eigenvalue weighted by Crippen LogP contribution is -2.12. The smallest absolute Gasteiger partial charge is 0.268 e. The van der Waals surface area contributed by atoms with Crippen LogP contribution >= 0.6 is 11.3 Å². The van der Waals surface area contributed by atoms with E-state index in [1.165, 1.54) is 15.3 Å². The molecule has 2 aliphatic rings. The van der Waals surface area contributed by atoms with Crippen molar-refractivity contribution in [2.75, 3.05) is 20.2 Å². The summed E-state index contributed by atoms with van der Waals surface area (Å²) >= 11 is 1.81. The number of aromatic nitrogens is 2. The summed E-state index contributed by atoms with van der Waals surface area (Å²) in [5, 5.41) is 7.48. The molecular weight excluding hydrogens is 406 g/mol. The lowest BCUT2D eigenvalue weighted by molar-refractivity contribution is 0.306. The minimum Gasteiger partial charge on any atom is -0.493 e. The van der Waals surface area contributed by atoms with Gasteiger partial charge in [-0.25, -0.2) is 0 Å². The molecule has 3 aromatic rings. The molecule has 2 aromatic heterocycles. The van der Waals surface area contributed by atoms with Crippen molar-refractivity contribution in [3.8, 4) is 27.9 Å².